The number of quaternary nitrogens is 1. The maximum atomic E-state index is 12.2. The number of hydrogen-bond acceptors (Lipinski definition) is 3. The third-order valence-corrected chi connectivity index (χ3v) is 5.98. The van der Waals surface area contributed by atoms with E-state index >= 15 is 0 Å². The van der Waals surface area contributed by atoms with Crippen LogP contribution in [0.1, 0.15) is 53.4 Å². The summed E-state index contributed by atoms with van der Waals surface area (Å²) in [6.45, 7) is 9.16. The Hall–Kier alpha value is -0.360. The summed E-state index contributed by atoms with van der Waals surface area (Å²) < 4.78 is 6.54. The molecule has 0 aromatic heterocycles. The zero-order valence-corrected chi connectivity index (χ0v) is 17.7. The molecule has 0 radical (unpaired) electrons. The summed E-state index contributed by atoms with van der Waals surface area (Å²) in [5.41, 5.74) is 6.99. The lowest BCUT2D eigenvalue weighted by atomic mass is 9.80. The van der Waals surface area contributed by atoms with Crippen molar-refractivity contribution in [3.05, 3.63) is 27.2 Å². The van der Waals surface area contributed by atoms with Crippen molar-refractivity contribution >= 4 is 15.9 Å². The fourth-order valence-electron chi connectivity index (χ4n) is 3.25. The van der Waals surface area contributed by atoms with Crippen LogP contribution in [0.25, 0.3) is 0 Å². The van der Waals surface area contributed by atoms with Gasteiger partial charge < -0.3 is 20.3 Å². The smallest absolute Gasteiger partial charge is 0.151 e. The average molecular weight is 403 g/mol. The van der Waals surface area contributed by atoms with E-state index in [4.69, 9.17) is 10.5 Å². The minimum atomic E-state index is -0.537. The molecule has 1 atom stereocenters. The predicted molar refractivity (Wildman–Crippen MR) is 105 cm³/mol. The van der Waals surface area contributed by atoms with Crippen LogP contribution < -0.4 is 5.73 Å². The SMILES string of the molecule is C/C(N)=C(/C=C(/Br)C(C)COC1CCC(C(C)C)CC1)[N+](C)(C)[O-]. The Morgan fingerprint density at radius 2 is 1.79 bits per heavy atom. The summed E-state index contributed by atoms with van der Waals surface area (Å²) >= 11 is 3.60. The molecule has 1 saturated carbocycles. The second-order valence-electron chi connectivity index (χ2n) is 7.96. The highest BCUT2D eigenvalue weighted by Gasteiger charge is 2.24. The zero-order chi connectivity index (χ0) is 18.5. The lowest BCUT2D eigenvalue weighted by Gasteiger charge is -2.35. The molecule has 1 rings (SSSR count). The molecule has 0 aromatic carbocycles. The highest BCUT2D eigenvalue weighted by Crippen LogP contribution is 2.32. The monoisotopic (exact) mass is 402 g/mol. The van der Waals surface area contributed by atoms with E-state index in [0.717, 1.165) is 29.2 Å². The molecular weight excluding hydrogens is 368 g/mol. The van der Waals surface area contributed by atoms with Crippen LogP contribution >= 0.6 is 15.9 Å². The lowest BCUT2D eigenvalue weighted by Crippen LogP contribution is -2.32. The Balaban J connectivity index is 2.55. The molecule has 0 saturated heterocycles. The highest BCUT2D eigenvalue weighted by atomic mass is 79.9. The van der Waals surface area contributed by atoms with Crippen molar-refractivity contribution in [3.8, 4) is 0 Å². The van der Waals surface area contributed by atoms with Crippen molar-refractivity contribution in [1.82, 2.24) is 0 Å². The Morgan fingerprint density at radius 1 is 1.25 bits per heavy atom. The number of hydrogen-bond donors (Lipinski definition) is 1. The summed E-state index contributed by atoms with van der Waals surface area (Å²) in [6.07, 6.45) is 7.10. The minimum absolute atomic E-state index is 0.203. The van der Waals surface area contributed by atoms with E-state index in [1.165, 1.54) is 12.8 Å². The van der Waals surface area contributed by atoms with Crippen molar-refractivity contribution in [2.45, 2.75) is 59.5 Å². The van der Waals surface area contributed by atoms with Crippen LogP contribution in [0.3, 0.4) is 0 Å². The van der Waals surface area contributed by atoms with Crippen molar-refractivity contribution in [3.63, 3.8) is 0 Å². The van der Waals surface area contributed by atoms with E-state index in [9.17, 15) is 5.21 Å². The van der Waals surface area contributed by atoms with Gasteiger partial charge in [0.05, 0.1) is 32.5 Å². The largest absolute Gasteiger partial charge is 0.628 e. The summed E-state index contributed by atoms with van der Waals surface area (Å²) in [5, 5.41) is 12.2. The van der Waals surface area contributed by atoms with Gasteiger partial charge in [-0.1, -0.05) is 36.7 Å². The molecule has 5 heteroatoms. The Morgan fingerprint density at radius 3 is 2.21 bits per heavy atom. The molecule has 1 unspecified atom stereocenters. The second kappa shape index (κ2) is 9.37. The van der Waals surface area contributed by atoms with Crippen molar-refractivity contribution in [2.75, 3.05) is 20.7 Å². The Kier molecular flexibility index (Phi) is 8.46. The number of nitrogens with two attached hydrogens (primary N) is 1. The molecule has 1 fully saturated rings. The first-order valence-corrected chi connectivity index (χ1v) is 9.82. The molecule has 4 nitrogen and oxygen atoms in total. The first-order chi connectivity index (χ1) is 11.0. The molecule has 0 spiro atoms. The molecule has 1 aliphatic carbocycles. The fraction of sp³-hybridized carbons (Fsp3) is 0.789. The van der Waals surface area contributed by atoms with Gasteiger partial charge in [0.15, 0.2) is 5.70 Å². The normalized spacial score (nSPS) is 25.6. The van der Waals surface area contributed by atoms with Crippen LogP contribution in [-0.2, 0) is 4.74 Å². The summed E-state index contributed by atoms with van der Waals surface area (Å²) in [6, 6.07) is 0. The summed E-state index contributed by atoms with van der Waals surface area (Å²) in [7, 11) is 3.16. The number of allylic oxidation sites excluding steroid dienone is 2. The second-order valence-corrected chi connectivity index (χ2v) is 8.88. The Bertz CT molecular complexity index is 454. The zero-order valence-electron chi connectivity index (χ0n) is 16.1. The van der Waals surface area contributed by atoms with Gasteiger partial charge in [-0.05, 0) is 44.4 Å². The first kappa shape index (κ1) is 21.7. The number of halogens is 1. The van der Waals surface area contributed by atoms with Gasteiger partial charge in [-0.3, -0.25) is 0 Å². The lowest BCUT2D eigenvalue weighted by molar-refractivity contribution is -0.797. The molecule has 0 bridgehead atoms. The molecule has 0 heterocycles. The number of rotatable bonds is 7. The number of hydroxylamine groups is 3. The molecular formula is C19H35BrN2O2. The average Bonchev–Trinajstić information content (AvgIpc) is 2.48. The molecule has 0 amide bonds. The molecule has 0 aromatic rings. The quantitative estimate of drug-likeness (QED) is 0.374. The standard InChI is InChI=1S/C19H35BrN2O2/c1-13(2)16-7-9-17(10-8-16)24-12-14(3)18(20)11-19(15(4)21)22(5,6)23/h11,13-14,16-17H,7-10,12,21H2,1-6H3/b18-11+,19-15+. The van der Waals surface area contributed by atoms with E-state index < -0.39 is 4.65 Å². The van der Waals surface area contributed by atoms with Gasteiger partial charge in [0.25, 0.3) is 0 Å². The molecule has 0 aliphatic heterocycles. The van der Waals surface area contributed by atoms with E-state index in [2.05, 4.69) is 36.7 Å². The molecule has 2 N–H and O–H groups in total. The van der Waals surface area contributed by atoms with Gasteiger partial charge in [0.1, 0.15) is 0 Å². The molecule has 140 valence electrons. The van der Waals surface area contributed by atoms with E-state index in [1.54, 1.807) is 21.0 Å². The van der Waals surface area contributed by atoms with Crippen LogP contribution in [0, 0.1) is 23.0 Å². The third-order valence-electron chi connectivity index (χ3n) is 4.97. The molecule has 24 heavy (non-hydrogen) atoms. The van der Waals surface area contributed by atoms with E-state index in [-0.39, 0.29) is 5.92 Å². The maximum absolute atomic E-state index is 12.2. The fourth-order valence-corrected chi connectivity index (χ4v) is 3.60. The number of nitrogens with zero attached hydrogens (tertiary/aromatic N) is 1. The maximum Gasteiger partial charge on any atom is 0.151 e. The Labute approximate surface area is 156 Å². The van der Waals surface area contributed by atoms with Gasteiger partial charge in [-0.2, -0.15) is 0 Å². The summed E-state index contributed by atoms with van der Waals surface area (Å²) in [5.74, 6) is 1.83. The van der Waals surface area contributed by atoms with Crippen LogP contribution in [0.15, 0.2) is 22.0 Å². The van der Waals surface area contributed by atoms with Crippen molar-refractivity contribution < 1.29 is 9.38 Å². The first-order valence-electron chi connectivity index (χ1n) is 9.03. The molecule has 1 aliphatic rings. The van der Waals surface area contributed by atoms with Crippen LogP contribution in [0.5, 0.6) is 0 Å². The van der Waals surface area contributed by atoms with Gasteiger partial charge in [0.2, 0.25) is 0 Å². The van der Waals surface area contributed by atoms with Gasteiger partial charge in [-0.15, -0.1) is 0 Å². The highest BCUT2D eigenvalue weighted by molar-refractivity contribution is 9.11. The van der Waals surface area contributed by atoms with Gasteiger partial charge in [0, 0.05) is 16.5 Å². The van der Waals surface area contributed by atoms with Crippen LogP contribution in [0.2, 0.25) is 0 Å². The minimum Gasteiger partial charge on any atom is -0.628 e. The van der Waals surface area contributed by atoms with Crippen molar-refractivity contribution in [2.24, 2.45) is 23.5 Å². The number of likely N-dealkylation sites (N-methyl/N-ethyl adjacent to an activating group) is 1. The van der Waals surface area contributed by atoms with Gasteiger partial charge >= 0.3 is 0 Å². The van der Waals surface area contributed by atoms with Crippen LogP contribution in [0.4, 0.5) is 0 Å². The van der Waals surface area contributed by atoms with E-state index in [1.807, 2.05) is 6.08 Å². The summed E-state index contributed by atoms with van der Waals surface area (Å²) in [4.78, 5) is 0. The topological polar surface area (TPSA) is 58.3 Å². The predicted octanol–water partition coefficient (Wildman–Crippen LogP) is 4.90. The number of ether oxygens (including phenoxy) is 1. The van der Waals surface area contributed by atoms with E-state index in [0.29, 0.717) is 24.1 Å². The third kappa shape index (κ3) is 6.87. The van der Waals surface area contributed by atoms with Crippen LogP contribution in [-0.4, -0.2) is 31.5 Å². The van der Waals surface area contributed by atoms with Crippen molar-refractivity contribution in [1.29, 1.82) is 0 Å². The van der Waals surface area contributed by atoms with Gasteiger partial charge in [-0.25, -0.2) is 0 Å².